The van der Waals surface area contributed by atoms with E-state index >= 15 is 0 Å². The zero-order valence-corrected chi connectivity index (χ0v) is 21.1. The number of nitrogens with zero attached hydrogens (tertiary/aromatic N) is 1. The number of rotatable bonds is 6. The monoisotopic (exact) mass is 491 g/mol. The number of aromatic amines is 1. The van der Waals surface area contributed by atoms with E-state index in [2.05, 4.69) is 46.4 Å². The summed E-state index contributed by atoms with van der Waals surface area (Å²) in [5.74, 6) is 1.39. The zero-order valence-electron chi connectivity index (χ0n) is 20.3. The van der Waals surface area contributed by atoms with E-state index in [0.717, 1.165) is 41.8 Å². The lowest BCUT2D eigenvalue weighted by molar-refractivity contribution is 0.172. The fourth-order valence-electron chi connectivity index (χ4n) is 5.02. The predicted molar refractivity (Wildman–Crippen MR) is 143 cm³/mol. The molecule has 7 heteroatoms. The van der Waals surface area contributed by atoms with E-state index in [1.807, 2.05) is 18.2 Å². The number of H-pyrrole nitrogens is 1. The van der Waals surface area contributed by atoms with Crippen LogP contribution in [0.3, 0.4) is 0 Å². The number of hydrogen-bond acceptors (Lipinski definition) is 4. The van der Waals surface area contributed by atoms with E-state index in [1.165, 1.54) is 30.4 Å². The van der Waals surface area contributed by atoms with Crippen molar-refractivity contribution in [2.24, 2.45) is 0 Å². The highest BCUT2D eigenvalue weighted by Gasteiger charge is 2.20. The maximum atomic E-state index is 13.1. The topological polar surface area (TPSA) is 66.6 Å². The number of pyridine rings is 1. The smallest absolute Gasteiger partial charge is 0.253 e. The molecule has 0 spiro atoms. The molecule has 0 radical (unpaired) electrons. The van der Waals surface area contributed by atoms with Crippen molar-refractivity contribution < 1.29 is 9.47 Å². The third-order valence-electron chi connectivity index (χ3n) is 7.08. The Morgan fingerprint density at radius 1 is 1.06 bits per heavy atom. The first-order valence-electron chi connectivity index (χ1n) is 12.6. The third kappa shape index (κ3) is 5.61. The quantitative estimate of drug-likeness (QED) is 0.480. The summed E-state index contributed by atoms with van der Waals surface area (Å²) in [6.07, 6.45) is 6.94. The first-order chi connectivity index (χ1) is 17.1. The van der Waals surface area contributed by atoms with Gasteiger partial charge in [-0.15, -0.1) is 0 Å². The SMILES string of the molecule is Cc1ccccc1CCN(Cc1cc2cc3c(cc2[nH]c1=O)OCCO3)C(=S)NC1CCCCC1. The number of thiocarbonyl (C=S) groups is 1. The molecule has 1 aromatic heterocycles. The van der Waals surface area contributed by atoms with Gasteiger partial charge in [-0.1, -0.05) is 43.5 Å². The molecule has 2 heterocycles. The van der Waals surface area contributed by atoms with Crippen LogP contribution in [0.25, 0.3) is 10.9 Å². The summed E-state index contributed by atoms with van der Waals surface area (Å²) in [5, 5.41) is 5.25. The van der Waals surface area contributed by atoms with Gasteiger partial charge in [0.1, 0.15) is 13.2 Å². The van der Waals surface area contributed by atoms with Gasteiger partial charge >= 0.3 is 0 Å². The molecule has 5 rings (SSSR count). The van der Waals surface area contributed by atoms with E-state index in [9.17, 15) is 4.79 Å². The molecule has 0 unspecified atom stereocenters. The van der Waals surface area contributed by atoms with Crippen molar-refractivity contribution in [3.63, 3.8) is 0 Å². The molecule has 2 aliphatic rings. The second kappa shape index (κ2) is 10.7. The number of hydrogen-bond donors (Lipinski definition) is 2. The molecule has 1 aliphatic carbocycles. The summed E-state index contributed by atoms with van der Waals surface area (Å²) in [7, 11) is 0. The Labute approximate surface area is 211 Å². The molecule has 0 amide bonds. The normalized spacial score (nSPS) is 15.7. The number of aryl methyl sites for hydroxylation is 1. The Morgan fingerprint density at radius 3 is 2.57 bits per heavy atom. The maximum Gasteiger partial charge on any atom is 0.253 e. The maximum absolute atomic E-state index is 13.1. The van der Waals surface area contributed by atoms with Gasteiger partial charge < -0.3 is 24.7 Å². The van der Waals surface area contributed by atoms with Crippen molar-refractivity contribution in [2.75, 3.05) is 19.8 Å². The Balaban J connectivity index is 1.39. The largest absolute Gasteiger partial charge is 0.486 e. The van der Waals surface area contributed by atoms with Gasteiger partial charge in [0.05, 0.1) is 12.1 Å². The number of aromatic nitrogens is 1. The molecule has 2 N–H and O–H groups in total. The van der Waals surface area contributed by atoms with Crippen molar-refractivity contribution in [3.05, 3.63) is 69.5 Å². The van der Waals surface area contributed by atoms with E-state index in [-0.39, 0.29) is 5.56 Å². The Morgan fingerprint density at radius 2 is 1.80 bits per heavy atom. The van der Waals surface area contributed by atoms with Crippen LogP contribution >= 0.6 is 12.2 Å². The van der Waals surface area contributed by atoms with Crippen LogP contribution in [0.15, 0.2) is 47.3 Å². The molecule has 1 saturated carbocycles. The summed E-state index contributed by atoms with van der Waals surface area (Å²) in [4.78, 5) is 18.2. The highest BCUT2D eigenvalue weighted by molar-refractivity contribution is 7.80. The minimum Gasteiger partial charge on any atom is -0.486 e. The van der Waals surface area contributed by atoms with Gasteiger partial charge in [0.15, 0.2) is 16.6 Å². The molecule has 35 heavy (non-hydrogen) atoms. The van der Waals surface area contributed by atoms with Crippen LogP contribution in [0, 0.1) is 6.92 Å². The average molecular weight is 492 g/mol. The summed E-state index contributed by atoms with van der Waals surface area (Å²) in [6, 6.07) is 14.6. The minimum atomic E-state index is -0.101. The van der Waals surface area contributed by atoms with Gasteiger partial charge in [0.2, 0.25) is 0 Å². The third-order valence-corrected chi connectivity index (χ3v) is 7.45. The van der Waals surface area contributed by atoms with Crippen molar-refractivity contribution in [2.45, 2.75) is 58.0 Å². The van der Waals surface area contributed by atoms with Crippen LogP contribution < -0.4 is 20.3 Å². The molecule has 184 valence electrons. The first-order valence-corrected chi connectivity index (χ1v) is 13.0. The van der Waals surface area contributed by atoms with Crippen LogP contribution in [0.5, 0.6) is 11.5 Å². The van der Waals surface area contributed by atoms with Crippen LogP contribution in [0.4, 0.5) is 0 Å². The lowest BCUT2D eigenvalue weighted by Crippen LogP contribution is -2.46. The lowest BCUT2D eigenvalue weighted by atomic mass is 9.96. The number of nitrogens with one attached hydrogen (secondary N) is 2. The van der Waals surface area contributed by atoms with E-state index in [1.54, 1.807) is 0 Å². The molecule has 1 fully saturated rings. The fourth-order valence-corrected chi connectivity index (χ4v) is 5.34. The number of fused-ring (bicyclic) bond motifs is 2. The van der Waals surface area contributed by atoms with Gasteiger partial charge in [-0.2, -0.15) is 0 Å². The standard InChI is InChI=1S/C28H33N3O3S/c1-19-7-5-6-8-20(19)11-12-31(28(35)29-23-9-3-2-4-10-23)18-22-15-21-16-25-26(34-14-13-33-25)17-24(21)30-27(22)32/h5-8,15-17,23H,2-4,9-14,18H2,1H3,(H,29,35)(H,30,32). The predicted octanol–water partition coefficient (Wildman–Crippen LogP) is 4.86. The van der Waals surface area contributed by atoms with E-state index < -0.39 is 0 Å². The van der Waals surface area contributed by atoms with Crippen LogP contribution in [0.2, 0.25) is 0 Å². The second-order valence-electron chi connectivity index (χ2n) is 9.59. The molecule has 0 atom stereocenters. The van der Waals surface area contributed by atoms with Gasteiger partial charge in [-0.3, -0.25) is 4.79 Å². The fraction of sp³-hybridized carbons (Fsp3) is 0.429. The molecule has 6 nitrogen and oxygen atoms in total. The van der Waals surface area contributed by atoms with E-state index in [4.69, 9.17) is 21.7 Å². The van der Waals surface area contributed by atoms with Crippen LogP contribution in [-0.4, -0.2) is 40.8 Å². The molecule has 0 bridgehead atoms. The van der Waals surface area contributed by atoms with Gasteiger partial charge in [0, 0.05) is 29.6 Å². The number of ether oxygens (including phenoxy) is 2. The first kappa shape index (κ1) is 23.7. The summed E-state index contributed by atoms with van der Waals surface area (Å²) < 4.78 is 11.4. The summed E-state index contributed by atoms with van der Waals surface area (Å²) in [5.41, 5.74) is 3.91. The summed E-state index contributed by atoms with van der Waals surface area (Å²) >= 11 is 5.89. The molecular weight excluding hydrogens is 458 g/mol. The molecule has 2 aromatic carbocycles. The molecule has 3 aromatic rings. The summed E-state index contributed by atoms with van der Waals surface area (Å²) in [6.45, 7) is 4.37. The Kier molecular flexibility index (Phi) is 7.23. The van der Waals surface area contributed by atoms with Gasteiger partial charge in [0.25, 0.3) is 5.56 Å². The van der Waals surface area contributed by atoms with Crippen molar-refractivity contribution in [3.8, 4) is 11.5 Å². The van der Waals surface area contributed by atoms with Gasteiger partial charge in [-0.05, 0) is 61.7 Å². The van der Waals surface area contributed by atoms with Crippen molar-refractivity contribution in [1.29, 1.82) is 0 Å². The zero-order chi connectivity index (χ0) is 24.2. The van der Waals surface area contributed by atoms with Gasteiger partial charge in [-0.25, -0.2) is 0 Å². The second-order valence-corrected chi connectivity index (χ2v) is 9.98. The Bertz CT molecular complexity index is 1270. The highest BCUT2D eigenvalue weighted by Crippen LogP contribution is 2.33. The highest BCUT2D eigenvalue weighted by atomic mass is 32.1. The molecule has 0 saturated heterocycles. The van der Waals surface area contributed by atoms with Crippen molar-refractivity contribution in [1.82, 2.24) is 15.2 Å². The van der Waals surface area contributed by atoms with Crippen molar-refractivity contribution >= 4 is 28.2 Å². The minimum absolute atomic E-state index is 0.101. The van der Waals surface area contributed by atoms with Crippen LogP contribution in [-0.2, 0) is 13.0 Å². The van der Waals surface area contributed by atoms with E-state index in [0.29, 0.717) is 42.9 Å². The van der Waals surface area contributed by atoms with Crippen LogP contribution in [0.1, 0.15) is 48.8 Å². The lowest BCUT2D eigenvalue weighted by Gasteiger charge is -2.31. The molecule has 1 aliphatic heterocycles. The Hall–Kier alpha value is -3.06. The number of benzene rings is 2. The molecular formula is C28H33N3O3S. The average Bonchev–Trinajstić information content (AvgIpc) is 2.87.